The quantitative estimate of drug-likeness (QED) is 0.772. The average Bonchev–Trinajstić information content (AvgIpc) is 2.88. The minimum absolute atomic E-state index is 0.0552. The molecule has 0 aliphatic rings. The van der Waals surface area contributed by atoms with E-state index in [1.807, 2.05) is 24.3 Å². The normalized spacial score (nSPS) is 12.7. The largest absolute Gasteiger partial charge is 0.364 e. The highest BCUT2D eigenvalue weighted by molar-refractivity contribution is 7.84. The summed E-state index contributed by atoms with van der Waals surface area (Å²) >= 11 is 0. The van der Waals surface area contributed by atoms with Crippen molar-refractivity contribution in [2.75, 3.05) is 0 Å². The average molecular weight is 287 g/mol. The van der Waals surface area contributed by atoms with Gasteiger partial charge in [-0.1, -0.05) is 12.1 Å². The zero-order valence-electron chi connectivity index (χ0n) is 10.8. The van der Waals surface area contributed by atoms with Crippen LogP contribution in [0.2, 0.25) is 0 Å². The van der Waals surface area contributed by atoms with Crippen LogP contribution < -0.4 is 5.43 Å². The number of aromatic amines is 2. The molecule has 1 unspecified atom stereocenters. The van der Waals surface area contributed by atoms with Crippen LogP contribution >= 0.6 is 0 Å². The van der Waals surface area contributed by atoms with Crippen molar-refractivity contribution in [1.29, 1.82) is 0 Å². The van der Waals surface area contributed by atoms with Gasteiger partial charge in [-0.05, 0) is 19.1 Å². The Morgan fingerprint density at radius 2 is 2.05 bits per heavy atom. The van der Waals surface area contributed by atoms with Gasteiger partial charge >= 0.3 is 0 Å². The van der Waals surface area contributed by atoms with Gasteiger partial charge in [0, 0.05) is 23.5 Å². The van der Waals surface area contributed by atoms with E-state index < -0.39 is 10.8 Å². The number of H-pyrrole nitrogens is 2. The summed E-state index contributed by atoms with van der Waals surface area (Å²) in [6.45, 7) is 1.73. The van der Waals surface area contributed by atoms with Gasteiger partial charge in [-0.3, -0.25) is 9.00 Å². The van der Waals surface area contributed by atoms with E-state index in [2.05, 4.69) is 15.0 Å². The fourth-order valence-corrected chi connectivity index (χ4v) is 3.11. The number of para-hydroxylation sites is 2. The first-order valence-electron chi connectivity index (χ1n) is 6.15. The molecule has 1 aromatic carbocycles. The molecule has 0 aliphatic carbocycles. The van der Waals surface area contributed by atoms with Gasteiger partial charge in [-0.15, -0.1) is 0 Å². The third-order valence-corrected chi connectivity index (χ3v) is 4.35. The highest BCUT2D eigenvalue weighted by atomic mass is 32.2. The van der Waals surface area contributed by atoms with Crippen molar-refractivity contribution in [2.24, 2.45) is 0 Å². The van der Waals surface area contributed by atoms with Crippen LogP contribution in [-0.4, -0.2) is 19.2 Å². The Hall–Kier alpha value is -2.21. The molecule has 1 atom stereocenters. The van der Waals surface area contributed by atoms with Crippen molar-refractivity contribution < 1.29 is 4.21 Å². The van der Waals surface area contributed by atoms with Gasteiger partial charge in [0.2, 0.25) is 0 Å². The summed E-state index contributed by atoms with van der Waals surface area (Å²) in [4.78, 5) is 21.9. The van der Waals surface area contributed by atoms with Crippen LogP contribution in [0, 0.1) is 6.92 Å². The summed E-state index contributed by atoms with van der Waals surface area (Å²) in [7, 11) is -1.32. The van der Waals surface area contributed by atoms with Crippen LogP contribution in [-0.2, 0) is 16.6 Å². The summed E-state index contributed by atoms with van der Waals surface area (Å²) in [5.41, 5.74) is 2.86. The molecule has 0 aliphatic heterocycles. The number of benzene rings is 1. The lowest BCUT2D eigenvalue weighted by molar-refractivity contribution is 0.676. The van der Waals surface area contributed by atoms with Gasteiger partial charge in [0.1, 0.15) is 0 Å². The van der Waals surface area contributed by atoms with Crippen LogP contribution in [0.15, 0.2) is 46.5 Å². The Balaban J connectivity index is 1.93. The zero-order valence-corrected chi connectivity index (χ0v) is 11.7. The van der Waals surface area contributed by atoms with E-state index in [0.717, 1.165) is 11.0 Å². The molecule has 2 N–H and O–H groups in total. The molecule has 3 rings (SSSR count). The Kier molecular flexibility index (Phi) is 3.23. The lowest BCUT2D eigenvalue weighted by Gasteiger charge is -2.03. The molecular weight excluding hydrogens is 274 g/mol. The molecule has 6 heteroatoms. The zero-order chi connectivity index (χ0) is 14.1. The molecule has 0 saturated carbocycles. The first kappa shape index (κ1) is 12.8. The number of nitrogens with zero attached hydrogens (tertiary/aromatic N) is 1. The van der Waals surface area contributed by atoms with Crippen molar-refractivity contribution in [3.63, 3.8) is 0 Å². The Morgan fingerprint density at radius 1 is 1.25 bits per heavy atom. The molecule has 0 spiro atoms. The summed E-state index contributed by atoms with van der Waals surface area (Å²) < 4.78 is 12.3. The number of pyridine rings is 1. The lowest BCUT2D eigenvalue weighted by atomic mass is 10.2. The second-order valence-corrected chi connectivity index (χ2v) is 5.86. The number of hydrogen-bond acceptors (Lipinski definition) is 3. The van der Waals surface area contributed by atoms with Crippen LogP contribution in [0.25, 0.3) is 11.0 Å². The third kappa shape index (κ3) is 2.30. The van der Waals surface area contributed by atoms with Crippen molar-refractivity contribution in [2.45, 2.75) is 17.8 Å². The summed E-state index contributed by atoms with van der Waals surface area (Å²) in [5, 5.41) is 0.426. The molecule has 102 valence electrons. The van der Waals surface area contributed by atoms with E-state index >= 15 is 0 Å². The van der Waals surface area contributed by atoms with Gasteiger partial charge in [0.15, 0.2) is 10.6 Å². The maximum atomic E-state index is 12.3. The summed E-state index contributed by atoms with van der Waals surface area (Å²) in [6.07, 6.45) is 1.57. The Labute approximate surface area is 117 Å². The number of hydrogen-bond donors (Lipinski definition) is 2. The Bertz CT molecular complexity index is 818. The van der Waals surface area contributed by atoms with E-state index in [0.29, 0.717) is 16.4 Å². The molecule has 20 heavy (non-hydrogen) atoms. The maximum Gasteiger partial charge on any atom is 0.197 e. The van der Waals surface area contributed by atoms with E-state index in [1.54, 1.807) is 13.1 Å². The minimum atomic E-state index is -1.32. The molecule has 0 amide bonds. The van der Waals surface area contributed by atoms with Gasteiger partial charge < -0.3 is 9.97 Å². The topological polar surface area (TPSA) is 78.6 Å². The number of nitrogens with one attached hydrogen (secondary N) is 2. The number of aromatic nitrogens is 3. The summed E-state index contributed by atoms with van der Waals surface area (Å²) in [5.74, 6) is 0.238. The molecule has 2 heterocycles. The molecule has 5 nitrogen and oxygen atoms in total. The van der Waals surface area contributed by atoms with Gasteiger partial charge in [-0.25, -0.2) is 4.98 Å². The molecule has 0 radical (unpaired) electrons. The summed E-state index contributed by atoms with van der Waals surface area (Å²) in [6, 6.07) is 8.99. The van der Waals surface area contributed by atoms with E-state index in [-0.39, 0.29) is 11.2 Å². The van der Waals surface area contributed by atoms with Gasteiger partial charge in [0.25, 0.3) is 0 Å². The Morgan fingerprint density at radius 3 is 2.85 bits per heavy atom. The number of fused-ring (bicyclic) bond motifs is 1. The standard InChI is InChI=1S/C14H13N3O2S/c1-9-12(15-7-6-13(9)18)8-20(19)14-16-10-4-2-3-5-11(10)17-14/h2-7H,8H2,1H3,(H,15,18)(H,16,17). The van der Waals surface area contributed by atoms with Crippen molar-refractivity contribution in [3.8, 4) is 0 Å². The molecule has 3 aromatic rings. The first-order chi connectivity index (χ1) is 9.65. The highest BCUT2D eigenvalue weighted by Gasteiger charge is 2.12. The second-order valence-electron chi connectivity index (χ2n) is 4.49. The van der Waals surface area contributed by atoms with Crippen LogP contribution in [0.3, 0.4) is 0 Å². The number of rotatable bonds is 3. The highest BCUT2D eigenvalue weighted by Crippen LogP contribution is 2.15. The minimum Gasteiger partial charge on any atom is -0.364 e. The van der Waals surface area contributed by atoms with Crippen LogP contribution in [0.5, 0.6) is 0 Å². The third-order valence-electron chi connectivity index (χ3n) is 3.17. The second kappa shape index (κ2) is 5.05. The van der Waals surface area contributed by atoms with Crippen molar-refractivity contribution in [3.05, 3.63) is 58.0 Å². The molecule has 0 bridgehead atoms. The van der Waals surface area contributed by atoms with E-state index in [9.17, 15) is 9.00 Å². The molecular formula is C14H13N3O2S. The van der Waals surface area contributed by atoms with Gasteiger partial charge in [-0.2, -0.15) is 0 Å². The monoisotopic (exact) mass is 287 g/mol. The predicted molar refractivity (Wildman–Crippen MR) is 78.0 cm³/mol. The smallest absolute Gasteiger partial charge is 0.197 e. The lowest BCUT2D eigenvalue weighted by Crippen LogP contribution is -2.11. The van der Waals surface area contributed by atoms with E-state index in [1.165, 1.54) is 6.07 Å². The van der Waals surface area contributed by atoms with Crippen molar-refractivity contribution in [1.82, 2.24) is 15.0 Å². The fraction of sp³-hybridized carbons (Fsp3) is 0.143. The fourth-order valence-electron chi connectivity index (χ4n) is 1.99. The first-order valence-corrected chi connectivity index (χ1v) is 7.47. The van der Waals surface area contributed by atoms with Crippen molar-refractivity contribution >= 4 is 21.8 Å². The SMILES string of the molecule is Cc1c(CS(=O)c2nc3ccccc3[nH]2)[nH]ccc1=O. The number of imidazole rings is 1. The van der Waals surface area contributed by atoms with E-state index in [4.69, 9.17) is 0 Å². The molecule has 2 aromatic heterocycles. The maximum absolute atomic E-state index is 12.3. The molecule has 0 fully saturated rings. The van der Waals surface area contributed by atoms with Gasteiger partial charge in [0.05, 0.1) is 27.6 Å². The molecule has 0 saturated heterocycles. The van der Waals surface area contributed by atoms with Crippen LogP contribution in [0.4, 0.5) is 0 Å². The predicted octanol–water partition coefficient (Wildman–Crippen LogP) is 1.87. The van der Waals surface area contributed by atoms with Crippen LogP contribution in [0.1, 0.15) is 11.3 Å².